The molecule has 0 amide bonds. The van der Waals surface area contributed by atoms with Crippen molar-refractivity contribution in [1.29, 1.82) is 0 Å². The zero-order valence-corrected chi connectivity index (χ0v) is 46.9. The maximum Gasteiger partial charge on any atom is 0.306 e. The van der Waals surface area contributed by atoms with E-state index in [4.69, 9.17) is 14.2 Å². The third-order valence-corrected chi connectivity index (χ3v) is 14.3. The molecule has 6 heteroatoms. The Balaban J connectivity index is 4.24. The highest BCUT2D eigenvalue weighted by atomic mass is 16.6. The molecule has 0 aliphatic heterocycles. The van der Waals surface area contributed by atoms with Crippen molar-refractivity contribution in [2.24, 2.45) is 0 Å². The first-order chi connectivity index (χ1) is 34.0. The standard InChI is InChI=1S/C63H120O6/c1-4-7-10-13-16-19-22-25-27-29-31-32-33-35-36-38-41-44-47-50-53-56-62(65)68-59-60(58-67-61(64)55-52-49-46-43-40-24-21-18-15-12-9-6-3)69-63(66)57-54-51-48-45-42-39-37-34-30-28-26-23-20-17-14-11-8-5-2/h18,21,60H,4-17,19-20,22-59H2,1-3H3/b21-18-. The predicted octanol–water partition coefficient (Wildman–Crippen LogP) is 20.9. The molecule has 0 aliphatic carbocycles. The largest absolute Gasteiger partial charge is 0.462 e. The Labute approximate surface area is 431 Å². The molecule has 0 N–H and O–H groups in total. The highest BCUT2D eigenvalue weighted by molar-refractivity contribution is 5.71. The van der Waals surface area contributed by atoms with E-state index >= 15 is 0 Å². The topological polar surface area (TPSA) is 78.9 Å². The predicted molar refractivity (Wildman–Crippen MR) is 298 cm³/mol. The Morgan fingerprint density at radius 1 is 0.275 bits per heavy atom. The van der Waals surface area contributed by atoms with Crippen LogP contribution in [0.2, 0.25) is 0 Å². The molecule has 0 bridgehead atoms. The van der Waals surface area contributed by atoms with Gasteiger partial charge >= 0.3 is 17.9 Å². The quantitative estimate of drug-likeness (QED) is 0.0261. The zero-order valence-electron chi connectivity index (χ0n) is 46.9. The molecule has 6 nitrogen and oxygen atoms in total. The van der Waals surface area contributed by atoms with Crippen LogP contribution in [0.3, 0.4) is 0 Å². The summed E-state index contributed by atoms with van der Waals surface area (Å²) in [7, 11) is 0. The second-order valence-corrected chi connectivity index (χ2v) is 21.3. The van der Waals surface area contributed by atoms with E-state index in [2.05, 4.69) is 32.9 Å². The molecule has 1 atom stereocenters. The van der Waals surface area contributed by atoms with Gasteiger partial charge in [0.1, 0.15) is 13.2 Å². The van der Waals surface area contributed by atoms with E-state index in [0.29, 0.717) is 19.3 Å². The van der Waals surface area contributed by atoms with Crippen molar-refractivity contribution in [3.63, 3.8) is 0 Å². The second-order valence-electron chi connectivity index (χ2n) is 21.3. The molecule has 0 radical (unpaired) electrons. The molecule has 0 saturated carbocycles. The molecule has 1 unspecified atom stereocenters. The molecule has 0 aromatic rings. The van der Waals surface area contributed by atoms with Crippen LogP contribution in [0.5, 0.6) is 0 Å². The smallest absolute Gasteiger partial charge is 0.306 e. The Hall–Kier alpha value is -1.85. The fourth-order valence-electron chi connectivity index (χ4n) is 9.56. The number of rotatable bonds is 58. The van der Waals surface area contributed by atoms with Gasteiger partial charge in [-0.1, -0.05) is 303 Å². The molecular weight excluding hydrogens is 853 g/mol. The number of unbranched alkanes of at least 4 members (excludes halogenated alkanes) is 45. The van der Waals surface area contributed by atoms with Crippen molar-refractivity contribution in [3.05, 3.63) is 12.2 Å². The van der Waals surface area contributed by atoms with Crippen LogP contribution in [0.15, 0.2) is 12.2 Å². The maximum atomic E-state index is 12.9. The molecular formula is C63H120O6. The molecule has 408 valence electrons. The number of carbonyl (C=O) groups is 3. The minimum atomic E-state index is -0.768. The lowest BCUT2D eigenvalue weighted by molar-refractivity contribution is -0.167. The Morgan fingerprint density at radius 3 is 0.754 bits per heavy atom. The number of allylic oxidation sites excluding steroid dienone is 2. The van der Waals surface area contributed by atoms with Crippen LogP contribution >= 0.6 is 0 Å². The van der Waals surface area contributed by atoms with E-state index in [9.17, 15) is 14.4 Å². The third kappa shape index (κ3) is 56.9. The fourth-order valence-corrected chi connectivity index (χ4v) is 9.56. The Morgan fingerprint density at radius 2 is 0.478 bits per heavy atom. The van der Waals surface area contributed by atoms with Crippen LogP contribution in [0.1, 0.15) is 355 Å². The Bertz CT molecular complexity index is 1070. The van der Waals surface area contributed by atoms with Gasteiger partial charge in [-0.05, 0) is 44.9 Å². The summed E-state index contributed by atoms with van der Waals surface area (Å²) >= 11 is 0. The van der Waals surface area contributed by atoms with E-state index in [1.807, 2.05) is 0 Å². The molecule has 0 aliphatic rings. The summed E-state index contributed by atoms with van der Waals surface area (Å²) in [5.41, 5.74) is 0. The summed E-state index contributed by atoms with van der Waals surface area (Å²) in [5.74, 6) is -0.847. The van der Waals surface area contributed by atoms with Gasteiger partial charge in [-0.3, -0.25) is 14.4 Å². The van der Waals surface area contributed by atoms with Gasteiger partial charge < -0.3 is 14.2 Å². The first-order valence-electron chi connectivity index (χ1n) is 31.2. The van der Waals surface area contributed by atoms with Gasteiger partial charge in [-0.2, -0.15) is 0 Å². The zero-order chi connectivity index (χ0) is 50.0. The van der Waals surface area contributed by atoms with E-state index in [0.717, 1.165) is 64.2 Å². The SMILES string of the molecule is CCCCC/C=C\CCCCCCCC(=O)OCC(COC(=O)CCCCCCCCCCCCCCCCCCCCCCC)OC(=O)CCCCCCCCCCCCCCCCCCCC. The minimum absolute atomic E-state index is 0.0662. The van der Waals surface area contributed by atoms with E-state index in [-0.39, 0.29) is 31.1 Å². The molecule has 69 heavy (non-hydrogen) atoms. The number of hydrogen-bond acceptors (Lipinski definition) is 6. The van der Waals surface area contributed by atoms with Crippen LogP contribution in [0.25, 0.3) is 0 Å². The van der Waals surface area contributed by atoms with Gasteiger partial charge in [0, 0.05) is 19.3 Å². The van der Waals surface area contributed by atoms with Gasteiger partial charge in [0.2, 0.25) is 0 Å². The maximum absolute atomic E-state index is 12.9. The molecule has 0 fully saturated rings. The van der Waals surface area contributed by atoms with Crippen LogP contribution in [0, 0.1) is 0 Å². The van der Waals surface area contributed by atoms with Crippen molar-refractivity contribution in [3.8, 4) is 0 Å². The van der Waals surface area contributed by atoms with Crippen molar-refractivity contribution in [1.82, 2.24) is 0 Å². The number of hydrogen-bond donors (Lipinski definition) is 0. The molecule has 0 aromatic carbocycles. The third-order valence-electron chi connectivity index (χ3n) is 14.3. The van der Waals surface area contributed by atoms with Crippen molar-refractivity contribution >= 4 is 17.9 Å². The minimum Gasteiger partial charge on any atom is -0.462 e. The molecule has 0 spiro atoms. The number of ether oxygens (including phenoxy) is 3. The number of esters is 3. The molecule has 0 aromatic heterocycles. The monoisotopic (exact) mass is 973 g/mol. The first kappa shape index (κ1) is 67.1. The lowest BCUT2D eigenvalue weighted by Gasteiger charge is -2.18. The summed E-state index contributed by atoms with van der Waals surface area (Å²) in [6.45, 7) is 6.68. The lowest BCUT2D eigenvalue weighted by atomic mass is 10.0. The number of carbonyl (C=O) groups excluding carboxylic acids is 3. The molecule has 0 saturated heterocycles. The Kier molecular flexibility index (Phi) is 57.1. The van der Waals surface area contributed by atoms with E-state index < -0.39 is 6.10 Å². The highest BCUT2D eigenvalue weighted by Gasteiger charge is 2.19. The molecule has 0 rings (SSSR count). The van der Waals surface area contributed by atoms with Crippen molar-refractivity contribution in [2.75, 3.05) is 13.2 Å². The van der Waals surface area contributed by atoms with Crippen molar-refractivity contribution in [2.45, 2.75) is 361 Å². The normalized spacial score (nSPS) is 12.0. The van der Waals surface area contributed by atoms with Crippen molar-refractivity contribution < 1.29 is 28.6 Å². The van der Waals surface area contributed by atoms with E-state index in [1.54, 1.807) is 0 Å². The average molecular weight is 974 g/mol. The fraction of sp³-hybridized carbons (Fsp3) is 0.921. The highest BCUT2D eigenvalue weighted by Crippen LogP contribution is 2.18. The summed E-state index contributed by atoms with van der Waals surface area (Å²) in [6.07, 6.45) is 67.9. The van der Waals surface area contributed by atoms with Crippen LogP contribution in [0.4, 0.5) is 0 Å². The van der Waals surface area contributed by atoms with Gasteiger partial charge in [0.25, 0.3) is 0 Å². The average Bonchev–Trinajstić information content (AvgIpc) is 3.35. The molecule has 0 heterocycles. The summed E-state index contributed by atoms with van der Waals surface area (Å²) < 4.78 is 16.9. The lowest BCUT2D eigenvalue weighted by Crippen LogP contribution is -2.30. The van der Waals surface area contributed by atoms with Crippen LogP contribution < -0.4 is 0 Å². The van der Waals surface area contributed by atoms with Crippen LogP contribution in [-0.2, 0) is 28.6 Å². The van der Waals surface area contributed by atoms with E-state index in [1.165, 1.54) is 250 Å². The second kappa shape index (κ2) is 58.7. The van der Waals surface area contributed by atoms with Gasteiger partial charge in [-0.25, -0.2) is 0 Å². The van der Waals surface area contributed by atoms with Gasteiger partial charge in [-0.15, -0.1) is 0 Å². The summed E-state index contributed by atoms with van der Waals surface area (Å²) in [6, 6.07) is 0. The van der Waals surface area contributed by atoms with Gasteiger partial charge in [0.15, 0.2) is 6.10 Å². The van der Waals surface area contributed by atoms with Gasteiger partial charge in [0.05, 0.1) is 0 Å². The summed E-state index contributed by atoms with van der Waals surface area (Å²) in [5, 5.41) is 0. The van der Waals surface area contributed by atoms with Crippen LogP contribution in [-0.4, -0.2) is 37.2 Å². The summed E-state index contributed by atoms with van der Waals surface area (Å²) in [4.78, 5) is 38.2. The first-order valence-corrected chi connectivity index (χ1v) is 31.2.